The van der Waals surface area contributed by atoms with E-state index in [0.29, 0.717) is 37.6 Å². The molecule has 0 radical (unpaired) electrons. The van der Waals surface area contributed by atoms with Crippen LogP contribution in [-0.4, -0.2) is 29.3 Å². The van der Waals surface area contributed by atoms with Crippen LogP contribution in [0.2, 0.25) is 0 Å². The van der Waals surface area contributed by atoms with E-state index < -0.39 is 0 Å². The van der Waals surface area contributed by atoms with Gasteiger partial charge in [-0.2, -0.15) is 0 Å². The molecule has 0 saturated carbocycles. The van der Waals surface area contributed by atoms with Crippen LogP contribution in [0.4, 0.5) is 11.5 Å². The molecule has 7 heteroatoms. The second-order valence-corrected chi connectivity index (χ2v) is 7.60. The van der Waals surface area contributed by atoms with Gasteiger partial charge in [-0.15, -0.1) is 0 Å². The monoisotopic (exact) mass is 393 g/mol. The standard InChI is InChI=1S/C22H27N5O2/c1-4-26-21-19(20(28)24-22(26)29)25(3)18(10-11-23)27(21)13-15-8-9-17-14(2)6-5-7-16(17)12-15/h5-9,12,18H,4,10-11,13,23H2,1-3H3,(H,24,28,29). The lowest BCUT2D eigenvalue weighted by Gasteiger charge is -2.31. The molecule has 1 unspecified atom stereocenters. The van der Waals surface area contributed by atoms with Gasteiger partial charge in [0.15, 0.2) is 0 Å². The molecule has 29 heavy (non-hydrogen) atoms. The fraction of sp³-hybridized carbons (Fsp3) is 0.364. The minimum Gasteiger partial charge on any atom is -0.347 e. The van der Waals surface area contributed by atoms with Gasteiger partial charge in [-0.25, -0.2) is 4.79 Å². The minimum absolute atomic E-state index is 0.0797. The lowest BCUT2D eigenvalue weighted by Crippen LogP contribution is -2.43. The van der Waals surface area contributed by atoms with Crippen molar-refractivity contribution in [3.05, 3.63) is 68.4 Å². The fourth-order valence-corrected chi connectivity index (χ4v) is 4.42. The van der Waals surface area contributed by atoms with E-state index in [2.05, 4.69) is 53.2 Å². The maximum absolute atomic E-state index is 12.6. The van der Waals surface area contributed by atoms with Crippen LogP contribution in [-0.2, 0) is 13.1 Å². The molecule has 2 aromatic carbocycles. The van der Waals surface area contributed by atoms with Gasteiger partial charge in [0, 0.05) is 20.1 Å². The molecule has 152 valence electrons. The first-order chi connectivity index (χ1) is 14.0. The molecular formula is C22H27N5O2. The van der Waals surface area contributed by atoms with Crippen LogP contribution < -0.4 is 26.8 Å². The number of nitrogens with zero attached hydrogens (tertiary/aromatic N) is 3. The summed E-state index contributed by atoms with van der Waals surface area (Å²) in [5.41, 5.74) is 8.05. The highest BCUT2D eigenvalue weighted by Gasteiger charge is 2.38. The number of aromatic nitrogens is 2. The van der Waals surface area contributed by atoms with Crippen molar-refractivity contribution in [3.8, 4) is 0 Å². The third kappa shape index (κ3) is 3.11. The van der Waals surface area contributed by atoms with Gasteiger partial charge in [-0.1, -0.05) is 30.3 Å². The largest absolute Gasteiger partial charge is 0.347 e. The highest BCUT2D eigenvalue weighted by atomic mass is 16.2. The Labute approximate surface area is 169 Å². The number of benzene rings is 2. The van der Waals surface area contributed by atoms with Gasteiger partial charge in [0.25, 0.3) is 5.56 Å². The molecule has 1 aromatic heterocycles. The molecule has 0 saturated heterocycles. The van der Waals surface area contributed by atoms with Gasteiger partial charge in [0.05, 0.1) is 0 Å². The van der Waals surface area contributed by atoms with Crippen LogP contribution >= 0.6 is 0 Å². The van der Waals surface area contributed by atoms with E-state index in [1.807, 2.05) is 18.9 Å². The SMILES string of the molecule is CCn1c2c(c(=O)[nH]c1=O)N(C)C(CCN)N2Cc1ccc2c(C)cccc2c1. The van der Waals surface area contributed by atoms with Crippen molar-refractivity contribution >= 4 is 22.3 Å². The molecule has 7 nitrogen and oxygen atoms in total. The summed E-state index contributed by atoms with van der Waals surface area (Å²) >= 11 is 0. The van der Waals surface area contributed by atoms with Crippen LogP contribution in [0.25, 0.3) is 10.8 Å². The number of H-pyrrole nitrogens is 1. The average Bonchev–Trinajstić information content (AvgIpc) is 2.95. The normalized spacial score (nSPS) is 15.9. The van der Waals surface area contributed by atoms with Gasteiger partial charge in [-0.05, 0) is 54.8 Å². The Morgan fingerprint density at radius 2 is 1.97 bits per heavy atom. The van der Waals surface area contributed by atoms with Crippen molar-refractivity contribution < 1.29 is 0 Å². The van der Waals surface area contributed by atoms with Crippen LogP contribution in [0, 0.1) is 6.92 Å². The van der Waals surface area contributed by atoms with Crippen molar-refractivity contribution in [1.29, 1.82) is 0 Å². The first kappa shape index (κ1) is 19.3. The topological polar surface area (TPSA) is 87.4 Å². The summed E-state index contributed by atoms with van der Waals surface area (Å²) < 4.78 is 1.63. The van der Waals surface area contributed by atoms with Gasteiger partial charge in [0.1, 0.15) is 17.7 Å². The van der Waals surface area contributed by atoms with Gasteiger partial charge >= 0.3 is 5.69 Å². The number of aromatic amines is 1. The lowest BCUT2D eigenvalue weighted by atomic mass is 10.0. The lowest BCUT2D eigenvalue weighted by molar-refractivity contribution is 0.557. The molecule has 3 N–H and O–H groups in total. The molecule has 4 rings (SSSR count). The number of hydrogen-bond donors (Lipinski definition) is 2. The second kappa shape index (κ2) is 7.40. The Bertz CT molecular complexity index is 1180. The number of rotatable bonds is 5. The van der Waals surface area contributed by atoms with Crippen molar-refractivity contribution in [1.82, 2.24) is 9.55 Å². The van der Waals surface area contributed by atoms with E-state index in [-0.39, 0.29) is 17.4 Å². The van der Waals surface area contributed by atoms with Gasteiger partial charge in [0.2, 0.25) is 0 Å². The smallest absolute Gasteiger partial charge is 0.330 e. The Kier molecular flexibility index (Phi) is 4.92. The first-order valence-corrected chi connectivity index (χ1v) is 10.0. The second-order valence-electron chi connectivity index (χ2n) is 7.60. The van der Waals surface area contributed by atoms with E-state index in [4.69, 9.17) is 5.73 Å². The fourth-order valence-electron chi connectivity index (χ4n) is 4.42. The van der Waals surface area contributed by atoms with E-state index in [0.717, 1.165) is 5.56 Å². The quantitative estimate of drug-likeness (QED) is 0.694. The molecule has 0 aliphatic carbocycles. The highest BCUT2D eigenvalue weighted by molar-refractivity contribution is 5.86. The summed E-state index contributed by atoms with van der Waals surface area (Å²) in [6.07, 6.45) is 0.610. The van der Waals surface area contributed by atoms with Crippen molar-refractivity contribution in [2.24, 2.45) is 5.73 Å². The zero-order valence-electron chi connectivity index (χ0n) is 17.1. The number of fused-ring (bicyclic) bond motifs is 2. The maximum atomic E-state index is 12.6. The Morgan fingerprint density at radius 3 is 2.69 bits per heavy atom. The van der Waals surface area contributed by atoms with Crippen molar-refractivity contribution in [2.45, 2.75) is 39.5 Å². The molecule has 1 atom stereocenters. The minimum atomic E-state index is -0.378. The summed E-state index contributed by atoms with van der Waals surface area (Å²) in [5, 5.41) is 2.42. The van der Waals surface area contributed by atoms with Crippen molar-refractivity contribution in [3.63, 3.8) is 0 Å². The molecule has 3 aromatic rings. The summed E-state index contributed by atoms with van der Waals surface area (Å²) in [6.45, 7) is 5.58. The average molecular weight is 393 g/mol. The predicted molar refractivity (Wildman–Crippen MR) is 118 cm³/mol. The third-order valence-corrected chi connectivity index (χ3v) is 5.84. The number of nitrogens with one attached hydrogen (secondary N) is 1. The van der Waals surface area contributed by atoms with Crippen LogP contribution in [0.15, 0.2) is 46.0 Å². The summed E-state index contributed by atoms with van der Waals surface area (Å²) in [6, 6.07) is 12.7. The molecule has 0 spiro atoms. The summed E-state index contributed by atoms with van der Waals surface area (Å²) in [4.78, 5) is 31.6. The predicted octanol–water partition coefficient (Wildman–Crippen LogP) is 2.15. The van der Waals surface area contributed by atoms with E-state index >= 15 is 0 Å². The molecule has 1 aliphatic rings. The first-order valence-electron chi connectivity index (χ1n) is 10.0. The highest BCUT2D eigenvalue weighted by Crippen LogP contribution is 2.37. The number of hydrogen-bond acceptors (Lipinski definition) is 5. The molecule has 0 bridgehead atoms. The number of aryl methyl sites for hydroxylation is 1. The van der Waals surface area contributed by atoms with Crippen molar-refractivity contribution in [2.75, 3.05) is 23.4 Å². The third-order valence-electron chi connectivity index (χ3n) is 5.84. The molecule has 2 heterocycles. The van der Waals surface area contributed by atoms with Crippen LogP contribution in [0.3, 0.4) is 0 Å². The molecule has 0 amide bonds. The van der Waals surface area contributed by atoms with E-state index in [1.54, 1.807) is 4.57 Å². The van der Waals surface area contributed by atoms with Gasteiger partial charge in [-0.3, -0.25) is 14.3 Å². The summed E-state index contributed by atoms with van der Waals surface area (Å²) in [5.74, 6) is 0.673. The van der Waals surface area contributed by atoms with Gasteiger partial charge < -0.3 is 15.5 Å². The molecule has 1 aliphatic heterocycles. The Hall–Kier alpha value is -3.06. The Morgan fingerprint density at radius 1 is 1.17 bits per heavy atom. The molecule has 0 fully saturated rings. The van der Waals surface area contributed by atoms with E-state index in [1.165, 1.54) is 16.3 Å². The van der Waals surface area contributed by atoms with Crippen LogP contribution in [0.5, 0.6) is 0 Å². The maximum Gasteiger partial charge on any atom is 0.330 e. The Balaban J connectivity index is 1.84. The summed E-state index contributed by atoms with van der Waals surface area (Å²) in [7, 11) is 1.89. The van der Waals surface area contributed by atoms with Crippen LogP contribution in [0.1, 0.15) is 24.5 Å². The zero-order chi connectivity index (χ0) is 20.7. The number of nitrogens with two attached hydrogens (primary N) is 1. The zero-order valence-corrected chi connectivity index (χ0v) is 17.1. The van der Waals surface area contributed by atoms with E-state index in [9.17, 15) is 9.59 Å². The molecular weight excluding hydrogens is 366 g/mol. The number of anilines is 2.